The SMILES string of the molecule is CC(CCc1ccco1)NC(=O)c1ncoc1-c1ccc(F)cc1. The smallest absolute Gasteiger partial charge is 0.274 e. The Morgan fingerprint density at radius 1 is 1.25 bits per heavy atom. The minimum atomic E-state index is -0.351. The molecule has 0 aliphatic carbocycles. The molecular weight excluding hydrogens is 311 g/mol. The predicted molar refractivity (Wildman–Crippen MR) is 85.9 cm³/mol. The summed E-state index contributed by atoms with van der Waals surface area (Å²) in [4.78, 5) is 16.4. The van der Waals surface area contributed by atoms with Gasteiger partial charge in [-0.1, -0.05) is 0 Å². The van der Waals surface area contributed by atoms with Gasteiger partial charge >= 0.3 is 0 Å². The molecule has 0 fully saturated rings. The summed E-state index contributed by atoms with van der Waals surface area (Å²) in [5.74, 6) is 0.529. The number of halogens is 1. The number of hydrogen-bond acceptors (Lipinski definition) is 4. The number of amides is 1. The Morgan fingerprint density at radius 3 is 2.75 bits per heavy atom. The number of oxazole rings is 1. The van der Waals surface area contributed by atoms with E-state index in [4.69, 9.17) is 8.83 Å². The van der Waals surface area contributed by atoms with Gasteiger partial charge in [0.2, 0.25) is 0 Å². The van der Waals surface area contributed by atoms with E-state index < -0.39 is 0 Å². The van der Waals surface area contributed by atoms with Crippen molar-refractivity contribution in [3.63, 3.8) is 0 Å². The van der Waals surface area contributed by atoms with Crippen molar-refractivity contribution in [3.05, 3.63) is 66.3 Å². The van der Waals surface area contributed by atoms with Crippen LogP contribution in [-0.4, -0.2) is 16.9 Å². The molecule has 1 amide bonds. The van der Waals surface area contributed by atoms with Crippen molar-refractivity contribution >= 4 is 5.91 Å². The van der Waals surface area contributed by atoms with Crippen LogP contribution in [-0.2, 0) is 6.42 Å². The molecule has 1 atom stereocenters. The molecular formula is C18H17FN2O3. The Labute approximate surface area is 138 Å². The molecule has 3 rings (SSSR count). The number of carbonyl (C=O) groups excluding carboxylic acids is 1. The molecule has 5 nitrogen and oxygen atoms in total. The van der Waals surface area contributed by atoms with Crippen LogP contribution in [0.5, 0.6) is 0 Å². The van der Waals surface area contributed by atoms with Crippen molar-refractivity contribution in [1.29, 1.82) is 0 Å². The van der Waals surface area contributed by atoms with Crippen LogP contribution in [0.4, 0.5) is 4.39 Å². The molecule has 1 N–H and O–H groups in total. The summed E-state index contributed by atoms with van der Waals surface area (Å²) in [5, 5.41) is 2.89. The van der Waals surface area contributed by atoms with Crippen LogP contribution in [0.3, 0.4) is 0 Å². The van der Waals surface area contributed by atoms with E-state index >= 15 is 0 Å². The molecule has 0 spiro atoms. The third kappa shape index (κ3) is 3.71. The van der Waals surface area contributed by atoms with E-state index in [2.05, 4.69) is 10.3 Å². The lowest BCUT2D eigenvalue weighted by Gasteiger charge is -2.12. The van der Waals surface area contributed by atoms with Gasteiger partial charge in [-0.2, -0.15) is 0 Å². The van der Waals surface area contributed by atoms with E-state index in [1.54, 1.807) is 18.4 Å². The van der Waals surface area contributed by atoms with Crippen molar-refractivity contribution in [2.45, 2.75) is 25.8 Å². The Balaban J connectivity index is 1.65. The number of furan rings is 1. The van der Waals surface area contributed by atoms with Crippen molar-refractivity contribution in [2.75, 3.05) is 0 Å². The fraction of sp³-hybridized carbons (Fsp3) is 0.222. The molecule has 0 saturated carbocycles. The molecule has 0 bridgehead atoms. The maximum absolute atomic E-state index is 13.0. The summed E-state index contributed by atoms with van der Waals surface area (Å²) in [5.41, 5.74) is 0.786. The number of aromatic nitrogens is 1. The quantitative estimate of drug-likeness (QED) is 0.747. The first-order valence-electron chi connectivity index (χ1n) is 7.66. The Hall–Kier alpha value is -2.89. The lowest BCUT2D eigenvalue weighted by molar-refractivity contribution is 0.0934. The molecule has 24 heavy (non-hydrogen) atoms. The van der Waals surface area contributed by atoms with Gasteiger partial charge in [-0.25, -0.2) is 9.37 Å². The molecule has 0 saturated heterocycles. The maximum atomic E-state index is 13.0. The molecule has 1 aromatic carbocycles. The number of carbonyl (C=O) groups is 1. The average molecular weight is 328 g/mol. The van der Waals surface area contributed by atoms with E-state index in [0.717, 1.165) is 18.6 Å². The monoisotopic (exact) mass is 328 g/mol. The average Bonchev–Trinajstić information content (AvgIpc) is 3.25. The van der Waals surface area contributed by atoms with Crippen LogP contribution in [0.15, 0.2) is 57.9 Å². The van der Waals surface area contributed by atoms with Gasteiger partial charge in [0.05, 0.1) is 6.26 Å². The molecule has 1 unspecified atom stereocenters. The molecule has 6 heteroatoms. The summed E-state index contributed by atoms with van der Waals surface area (Å²) in [7, 11) is 0. The topological polar surface area (TPSA) is 68.3 Å². The first-order valence-corrected chi connectivity index (χ1v) is 7.66. The van der Waals surface area contributed by atoms with Gasteiger partial charge in [-0.15, -0.1) is 0 Å². The highest BCUT2D eigenvalue weighted by atomic mass is 19.1. The van der Waals surface area contributed by atoms with Crippen LogP contribution in [0, 0.1) is 5.82 Å². The number of rotatable bonds is 6. The van der Waals surface area contributed by atoms with Crippen LogP contribution < -0.4 is 5.32 Å². The molecule has 124 valence electrons. The van der Waals surface area contributed by atoms with E-state index in [-0.39, 0.29) is 23.5 Å². The second kappa shape index (κ2) is 7.12. The van der Waals surface area contributed by atoms with E-state index in [9.17, 15) is 9.18 Å². The van der Waals surface area contributed by atoms with E-state index in [1.165, 1.54) is 18.5 Å². The Morgan fingerprint density at radius 2 is 2.04 bits per heavy atom. The predicted octanol–water partition coefficient (Wildman–Crippen LogP) is 3.82. The molecule has 3 aromatic rings. The number of nitrogens with one attached hydrogen (secondary N) is 1. The lowest BCUT2D eigenvalue weighted by Crippen LogP contribution is -2.33. The number of nitrogens with zero attached hydrogens (tertiary/aromatic N) is 1. The maximum Gasteiger partial charge on any atom is 0.274 e. The van der Waals surface area contributed by atoms with Gasteiger partial charge in [0.25, 0.3) is 5.91 Å². The number of aryl methyl sites for hydroxylation is 1. The normalized spacial score (nSPS) is 12.1. The highest BCUT2D eigenvalue weighted by Crippen LogP contribution is 2.23. The number of benzene rings is 1. The van der Waals surface area contributed by atoms with E-state index in [0.29, 0.717) is 11.3 Å². The third-order valence-corrected chi connectivity index (χ3v) is 3.67. The lowest BCUT2D eigenvalue weighted by atomic mass is 10.1. The second-order valence-electron chi connectivity index (χ2n) is 5.53. The minimum absolute atomic E-state index is 0.0552. The van der Waals surface area contributed by atoms with Crippen molar-refractivity contribution < 1.29 is 18.0 Å². The summed E-state index contributed by atoms with van der Waals surface area (Å²) in [6, 6.07) is 9.40. The molecule has 2 heterocycles. The standard InChI is InChI=1S/C18H17FN2O3/c1-12(4-9-15-3-2-10-23-15)21-18(22)16-17(24-11-20-16)13-5-7-14(19)8-6-13/h2-3,5-8,10-12H,4,9H2,1H3,(H,21,22). The first kappa shape index (κ1) is 16.0. The highest BCUT2D eigenvalue weighted by molar-refractivity contribution is 5.97. The Bertz CT molecular complexity index is 794. The van der Waals surface area contributed by atoms with Crippen LogP contribution >= 0.6 is 0 Å². The zero-order chi connectivity index (χ0) is 16.9. The van der Waals surface area contributed by atoms with Crippen LogP contribution in [0.2, 0.25) is 0 Å². The Kier molecular flexibility index (Phi) is 4.74. The van der Waals surface area contributed by atoms with Crippen molar-refractivity contribution in [2.24, 2.45) is 0 Å². The van der Waals surface area contributed by atoms with Gasteiger partial charge in [-0.3, -0.25) is 4.79 Å². The molecule has 0 aliphatic heterocycles. The molecule has 2 aromatic heterocycles. The van der Waals surface area contributed by atoms with Gasteiger partial charge in [0, 0.05) is 18.0 Å². The fourth-order valence-electron chi connectivity index (χ4n) is 2.39. The third-order valence-electron chi connectivity index (χ3n) is 3.67. The van der Waals surface area contributed by atoms with Gasteiger partial charge < -0.3 is 14.2 Å². The second-order valence-corrected chi connectivity index (χ2v) is 5.53. The fourth-order valence-corrected chi connectivity index (χ4v) is 2.39. The summed E-state index contributed by atoms with van der Waals surface area (Å²) < 4.78 is 23.6. The summed E-state index contributed by atoms with van der Waals surface area (Å²) in [6.07, 6.45) is 4.31. The minimum Gasteiger partial charge on any atom is -0.469 e. The van der Waals surface area contributed by atoms with Crippen molar-refractivity contribution in [1.82, 2.24) is 10.3 Å². The van der Waals surface area contributed by atoms with Crippen LogP contribution in [0.1, 0.15) is 29.6 Å². The van der Waals surface area contributed by atoms with Crippen molar-refractivity contribution in [3.8, 4) is 11.3 Å². The van der Waals surface area contributed by atoms with Gasteiger partial charge in [0.1, 0.15) is 11.6 Å². The summed E-state index contributed by atoms with van der Waals surface area (Å²) >= 11 is 0. The van der Waals surface area contributed by atoms with Gasteiger partial charge in [0.15, 0.2) is 17.8 Å². The highest BCUT2D eigenvalue weighted by Gasteiger charge is 2.19. The zero-order valence-electron chi connectivity index (χ0n) is 13.2. The first-order chi connectivity index (χ1) is 11.6. The van der Waals surface area contributed by atoms with E-state index in [1.807, 2.05) is 19.1 Å². The van der Waals surface area contributed by atoms with Crippen LogP contribution in [0.25, 0.3) is 11.3 Å². The molecule has 0 radical (unpaired) electrons. The largest absolute Gasteiger partial charge is 0.469 e. The van der Waals surface area contributed by atoms with Gasteiger partial charge in [-0.05, 0) is 49.7 Å². The number of hydrogen-bond donors (Lipinski definition) is 1. The zero-order valence-corrected chi connectivity index (χ0v) is 13.2. The summed E-state index contributed by atoms with van der Waals surface area (Å²) in [6.45, 7) is 1.92. The molecule has 0 aliphatic rings.